The first kappa shape index (κ1) is 48.6. The van der Waals surface area contributed by atoms with Gasteiger partial charge in [-0.15, -0.1) is 0 Å². The Morgan fingerprint density at radius 3 is 1.65 bits per heavy atom. The zero-order valence-electron chi connectivity index (χ0n) is 37.9. The van der Waals surface area contributed by atoms with Crippen LogP contribution >= 0.6 is 39.1 Å². The molecule has 4 aliphatic heterocycles. The average molecular weight is 1040 g/mol. The predicted molar refractivity (Wildman–Crippen MR) is 272 cm³/mol. The van der Waals surface area contributed by atoms with Crippen LogP contribution in [0.15, 0.2) is 114 Å². The van der Waals surface area contributed by atoms with Gasteiger partial charge in [0.2, 0.25) is 0 Å². The van der Waals surface area contributed by atoms with Crippen molar-refractivity contribution in [1.29, 1.82) is 0 Å². The largest absolute Gasteiger partial charge is 0.496 e. The van der Waals surface area contributed by atoms with Crippen molar-refractivity contribution in [1.82, 2.24) is 18.9 Å². The van der Waals surface area contributed by atoms with Gasteiger partial charge >= 0.3 is 7.12 Å². The second-order valence-electron chi connectivity index (χ2n) is 18.4. The highest BCUT2D eigenvalue weighted by atomic mass is 79.9. The summed E-state index contributed by atoms with van der Waals surface area (Å²) in [5.74, 6) is 3.76. The maximum atomic E-state index is 13.4. The van der Waals surface area contributed by atoms with Gasteiger partial charge in [-0.3, -0.25) is 9.59 Å². The molecule has 12 rings (SSSR count). The van der Waals surface area contributed by atoms with E-state index in [9.17, 15) is 9.59 Å². The average Bonchev–Trinajstić information content (AvgIpc) is 4.28. The van der Waals surface area contributed by atoms with Crippen LogP contribution in [0, 0.1) is 0 Å². The maximum absolute atomic E-state index is 13.4. The van der Waals surface area contributed by atoms with Crippen molar-refractivity contribution in [3.05, 3.63) is 152 Å². The number of benzene rings is 4. The first-order valence-corrected chi connectivity index (χ1v) is 24.7. The molecule has 2 aromatic heterocycles. The Labute approximate surface area is 421 Å². The topological polar surface area (TPSA) is 128 Å². The SMILES string of the molecule is C.COc1cc(C(=O)N2CCC3(CC2)Oc2cc(Cl)ccc2-n2cccc23)ccc1Br.COc1cc(C2CC2)ccc1C(=O)N1CCC2(CC1)Oc1cc(Cl)ccc1-n1cccc12.OB(O)C1CC1. The molecule has 0 unspecified atom stereocenters. The van der Waals surface area contributed by atoms with Crippen LogP contribution in [0.5, 0.6) is 23.0 Å². The number of methoxy groups -OCH3 is 2. The second-order valence-corrected chi connectivity index (χ2v) is 20.1. The number of hydrogen-bond acceptors (Lipinski definition) is 8. The molecule has 4 fully saturated rings. The smallest absolute Gasteiger partial charge is 0.454 e. The molecule has 360 valence electrons. The molecule has 16 heteroatoms. The minimum absolute atomic E-state index is 0. The number of aromatic nitrogens is 2. The third kappa shape index (κ3) is 9.63. The molecule has 2 saturated heterocycles. The van der Waals surface area contributed by atoms with Crippen molar-refractivity contribution >= 4 is 58.1 Å². The molecule has 0 bridgehead atoms. The zero-order valence-corrected chi connectivity index (χ0v) is 41.0. The number of likely N-dealkylation sites (tertiary alicyclic amines) is 2. The van der Waals surface area contributed by atoms with Crippen molar-refractivity contribution in [3.8, 4) is 34.4 Å². The third-order valence-electron chi connectivity index (χ3n) is 14.1. The summed E-state index contributed by atoms with van der Waals surface area (Å²) in [5.41, 5.74) is 5.84. The van der Waals surface area contributed by atoms with Crippen molar-refractivity contribution in [3.63, 3.8) is 0 Å². The number of carbonyl (C=O) groups is 2. The number of amides is 2. The Bertz CT molecular complexity index is 2860. The summed E-state index contributed by atoms with van der Waals surface area (Å²) in [6.45, 7) is 2.46. The normalized spacial score (nSPS) is 17.7. The van der Waals surface area contributed by atoms with Crippen LogP contribution in [0.1, 0.15) is 102 Å². The first-order chi connectivity index (χ1) is 32.9. The molecule has 0 atom stereocenters. The van der Waals surface area contributed by atoms with Gasteiger partial charge in [-0.2, -0.15) is 0 Å². The molecular formula is C53H56BBrCl2N4O8. The summed E-state index contributed by atoms with van der Waals surface area (Å²) < 4.78 is 29.2. The van der Waals surface area contributed by atoms with Crippen LogP contribution in [0.3, 0.4) is 0 Å². The summed E-state index contributed by atoms with van der Waals surface area (Å²) in [7, 11) is 2.20. The fraction of sp³-hybridized carbons (Fsp3) is 0.358. The van der Waals surface area contributed by atoms with E-state index in [1.807, 2.05) is 82.6 Å². The van der Waals surface area contributed by atoms with Gasteiger partial charge in [-0.1, -0.05) is 49.5 Å². The molecule has 2 amide bonds. The van der Waals surface area contributed by atoms with E-state index < -0.39 is 18.3 Å². The fourth-order valence-corrected chi connectivity index (χ4v) is 10.7. The number of ether oxygens (including phenoxy) is 4. The Hall–Kier alpha value is -5.38. The first-order valence-electron chi connectivity index (χ1n) is 23.2. The maximum Gasteiger partial charge on any atom is 0.454 e. The summed E-state index contributed by atoms with van der Waals surface area (Å²) in [6.07, 6.45) is 11.4. The number of piperidine rings is 2. The quantitative estimate of drug-likeness (QED) is 0.158. The monoisotopic (exact) mass is 1040 g/mol. The van der Waals surface area contributed by atoms with E-state index in [1.165, 1.54) is 18.4 Å². The summed E-state index contributed by atoms with van der Waals surface area (Å²) in [5, 5.41) is 17.8. The molecule has 6 aliphatic rings. The van der Waals surface area contributed by atoms with Crippen LogP contribution in [-0.2, 0) is 11.2 Å². The van der Waals surface area contributed by atoms with Gasteiger partial charge in [-0.05, 0) is 125 Å². The molecule has 4 aromatic carbocycles. The van der Waals surface area contributed by atoms with Gasteiger partial charge in [0.05, 0.1) is 47.0 Å². The second kappa shape index (κ2) is 19.8. The zero-order chi connectivity index (χ0) is 47.3. The Balaban J connectivity index is 0.000000151. The van der Waals surface area contributed by atoms with E-state index in [4.69, 9.17) is 52.2 Å². The Morgan fingerprint density at radius 1 is 0.667 bits per heavy atom. The van der Waals surface area contributed by atoms with E-state index in [0.29, 0.717) is 77.6 Å². The lowest BCUT2D eigenvalue weighted by atomic mass is 9.84. The predicted octanol–water partition coefficient (Wildman–Crippen LogP) is 11.2. The standard InChI is InChI=1S/C26H25ClN2O3.C23H20BrClN2O3.C3H7BO2.CH4/c1-31-22-15-18(17-4-5-17)6-8-20(22)25(30)28-13-10-26(11-14-28)24-3-2-12-29(24)21-9-7-19(27)16-23(21)32-26;1-29-19-13-15(4-6-17(19)24)22(28)26-11-8-23(9-12-26)21-3-2-10-27(21)18-7-5-16(25)14-20(18)30-23;5-4(6)3-1-2-3;/h2-3,6-9,12,15-17H,4-5,10-11,13-14H2,1H3;2-7,10,13-14H,8-9,11-12H2,1H3;3,5-6H,1-2H2;1H4. The summed E-state index contributed by atoms with van der Waals surface area (Å²) in [4.78, 5) is 30.3. The highest BCUT2D eigenvalue weighted by molar-refractivity contribution is 9.10. The van der Waals surface area contributed by atoms with Crippen LogP contribution < -0.4 is 18.9 Å². The van der Waals surface area contributed by atoms with Gasteiger partial charge in [0, 0.05) is 92.0 Å². The Morgan fingerprint density at radius 2 is 1.19 bits per heavy atom. The highest BCUT2D eigenvalue weighted by Crippen LogP contribution is 2.48. The number of nitrogens with zero attached hydrogens (tertiary/aromatic N) is 4. The molecule has 6 aromatic rings. The van der Waals surface area contributed by atoms with E-state index >= 15 is 0 Å². The van der Waals surface area contributed by atoms with E-state index in [2.05, 4.69) is 55.7 Å². The number of hydrogen-bond donors (Lipinski definition) is 2. The number of fused-ring (bicyclic) bond motifs is 8. The number of carbonyl (C=O) groups excluding carboxylic acids is 2. The minimum Gasteiger partial charge on any atom is -0.496 e. The summed E-state index contributed by atoms with van der Waals surface area (Å²) >= 11 is 15.9. The van der Waals surface area contributed by atoms with E-state index in [0.717, 1.165) is 64.4 Å². The Kier molecular flexibility index (Phi) is 14.0. The van der Waals surface area contributed by atoms with Gasteiger partial charge in [0.1, 0.15) is 23.0 Å². The fourth-order valence-electron chi connectivity index (χ4n) is 9.94. The van der Waals surface area contributed by atoms with E-state index in [-0.39, 0.29) is 25.1 Å². The lowest BCUT2D eigenvalue weighted by molar-refractivity contribution is -0.00980. The molecule has 6 heterocycles. The van der Waals surface area contributed by atoms with Crippen LogP contribution in [-0.4, -0.2) is 88.3 Å². The van der Waals surface area contributed by atoms with Crippen molar-refractivity contribution in [2.75, 3.05) is 40.4 Å². The van der Waals surface area contributed by atoms with Crippen molar-refractivity contribution < 1.29 is 38.6 Å². The van der Waals surface area contributed by atoms with Gasteiger partial charge in [0.15, 0.2) is 11.2 Å². The molecule has 0 radical (unpaired) electrons. The molecular weight excluding hydrogens is 982 g/mol. The van der Waals surface area contributed by atoms with Crippen LogP contribution in [0.2, 0.25) is 15.9 Å². The minimum atomic E-state index is -1.04. The molecule has 69 heavy (non-hydrogen) atoms. The highest BCUT2D eigenvalue weighted by Gasteiger charge is 2.46. The lowest BCUT2D eigenvalue weighted by Crippen LogP contribution is -2.50. The number of halogens is 3. The van der Waals surface area contributed by atoms with Crippen molar-refractivity contribution in [2.45, 2.75) is 81.7 Å². The lowest BCUT2D eigenvalue weighted by Gasteiger charge is -2.45. The van der Waals surface area contributed by atoms with Crippen LogP contribution in [0.25, 0.3) is 11.4 Å². The third-order valence-corrected chi connectivity index (χ3v) is 15.2. The van der Waals surface area contributed by atoms with E-state index in [1.54, 1.807) is 20.3 Å². The number of rotatable bonds is 6. The molecule has 2 spiro atoms. The van der Waals surface area contributed by atoms with Crippen LogP contribution in [0.4, 0.5) is 0 Å². The summed E-state index contributed by atoms with van der Waals surface area (Å²) in [6, 6.07) is 31.3. The van der Waals surface area contributed by atoms with Gasteiger partial charge in [-0.25, -0.2) is 0 Å². The molecule has 12 nitrogen and oxygen atoms in total. The molecule has 2 saturated carbocycles. The molecule has 2 aliphatic carbocycles. The van der Waals surface area contributed by atoms with Crippen molar-refractivity contribution in [2.24, 2.45) is 0 Å². The van der Waals surface area contributed by atoms with Gasteiger partial charge < -0.3 is 47.9 Å². The van der Waals surface area contributed by atoms with Gasteiger partial charge in [0.25, 0.3) is 11.8 Å². The molecule has 2 N–H and O–H groups in total.